The van der Waals surface area contributed by atoms with Gasteiger partial charge in [0.2, 0.25) is 0 Å². The van der Waals surface area contributed by atoms with Crippen LogP contribution in [0.5, 0.6) is 0 Å². The second kappa shape index (κ2) is 6.46. The third kappa shape index (κ3) is 3.15. The molecule has 2 aromatic carbocycles. The quantitative estimate of drug-likeness (QED) is 0.659. The van der Waals surface area contributed by atoms with Gasteiger partial charge in [0.25, 0.3) is 5.91 Å². The van der Waals surface area contributed by atoms with Gasteiger partial charge < -0.3 is 15.4 Å². The van der Waals surface area contributed by atoms with Crippen LogP contribution >= 0.6 is 0 Å². The summed E-state index contributed by atoms with van der Waals surface area (Å²) in [5, 5.41) is 14.1. The Kier molecular flexibility index (Phi) is 4.35. The Bertz CT molecular complexity index is 876. The van der Waals surface area contributed by atoms with Gasteiger partial charge in [0.1, 0.15) is 5.82 Å². The molecule has 0 aromatic heterocycles. The number of hydrogen-bond acceptors (Lipinski definition) is 4. The summed E-state index contributed by atoms with van der Waals surface area (Å²) in [6.07, 6.45) is 0. The molecule has 1 saturated heterocycles. The van der Waals surface area contributed by atoms with Crippen LogP contribution < -0.4 is 5.32 Å². The third-order valence-corrected chi connectivity index (χ3v) is 3.88. The zero-order valence-corrected chi connectivity index (χ0v) is 13.2. The van der Waals surface area contributed by atoms with E-state index in [1.54, 1.807) is 13.0 Å². The minimum atomic E-state index is -1.28. The summed E-state index contributed by atoms with van der Waals surface area (Å²) in [5.74, 6) is -3.67. The Hall–Kier alpha value is -3.03. The number of rotatable bonds is 3. The highest BCUT2D eigenvalue weighted by Crippen LogP contribution is 2.29. The first kappa shape index (κ1) is 16.8. The van der Waals surface area contributed by atoms with E-state index in [0.29, 0.717) is 11.3 Å². The largest absolute Gasteiger partial charge is 0.411 e. The molecule has 0 aliphatic carbocycles. The molecule has 1 amide bonds. The summed E-state index contributed by atoms with van der Waals surface area (Å²) in [5.41, 5.74) is 0.397. The average molecular weight is 349 g/mol. The fraction of sp³-hybridized carbons (Fsp3) is 0.176. The van der Waals surface area contributed by atoms with Crippen molar-refractivity contribution in [1.82, 2.24) is 4.90 Å². The lowest BCUT2D eigenvalue weighted by Gasteiger charge is -2.32. The molecule has 5 nitrogen and oxygen atoms in total. The Morgan fingerprint density at radius 1 is 1.16 bits per heavy atom. The van der Waals surface area contributed by atoms with Crippen molar-refractivity contribution in [2.45, 2.75) is 6.92 Å². The first-order valence-corrected chi connectivity index (χ1v) is 7.41. The van der Waals surface area contributed by atoms with Gasteiger partial charge in [-0.3, -0.25) is 4.79 Å². The minimum absolute atomic E-state index is 0.0784. The molecule has 3 rings (SSSR count). The van der Waals surface area contributed by atoms with Gasteiger partial charge in [-0.15, -0.1) is 0 Å². The van der Waals surface area contributed by atoms with Crippen molar-refractivity contribution >= 4 is 23.0 Å². The molecule has 0 bridgehead atoms. The number of anilines is 2. The van der Waals surface area contributed by atoms with Crippen molar-refractivity contribution in [3.8, 4) is 0 Å². The minimum Gasteiger partial charge on any atom is -0.411 e. The highest BCUT2D eigenvalue weighted by Gasteiger charge is 2.31. The Morgan fingerprint density at radius 3 is 2.52 bits per heavy atom. The normalized spacial score (nSPS) is 13.4. The topological polar surface area (TPSA) is 64.9 Å². The molecule has 1 fully saturated rings. The maximum atomic E-state index is 14.3. The average Bonchev–Trinajstić information content (AvgIpc) is 2.53. The number of nitrogens with zero attached hydrogens (tertiary/aromatic N) is 2. The molecule has 8 heteroatoms. The van der Waals surface area contributed by atoms with Crippen LogP contribution in [0.1, 0.15) is 15.9 Å². The van der Waals surface area contributed by atoms with E-state index in [1.165, 1.54) is 17.0 Å². The van der Waals surface area contributed by atoms with Gasteiger partial charge in [-0.2, -0.15) is 0 Å². The number of nitrogens with one attached hydrogen (secondary N) is 1. The van der Waals surface area contributed by atoms with Gasteiger partial charge in [0.05, 0.1) is 35.7 Å². The molecule has 1 aliphatic rings. The van der Waals surface area contributed by atoms with E-state index >= 15 is 0 Å². The summed E-state index contributed by atoms with van der Waals surface area (Å²) in [7, 11) is 0. The Morgan fingerprint density at radius 2 is 1.88 bits per heavy atom. The SMILES string of the molecule is Cc1ccc(Nc2c(C(=O)N3CC(=NO)C3)ccc(F)c2F)c(F)c1. The molecule has 0 saturated carbocycles. The van der Waals surface area contributed by atoms with Crippen LogP contribution in [0.3, 0.4) is 0 Å². The van der Waals surface area contributed by atoms with Crippen LogP contribution in [0.4, 0.5) is 24.5 Å². The number of benzene rings is 2. The van der Waals surface area contributed by atoms with Gasteiger partial charge in [-0.05, 0) is 36.8 Å². The molecule has 0 spiro atoms. The van der Waals surface area contributed by atoms with Gasteiger partial charge in [0.15, 0.2) is 11.6 Å². The fourth-order valence-electron chi connectivity index (χ4n) is 2.48. The lowest BCUT2D eigenvalue weighted by atomic mass is 10.1. The molecule has 0 unspecified atom stereocenters. The van der Waals surface area contributed by atoms with E-state index in [-0.39, 0.29) is 24.3 Å². The van der Waals surface area contributed by atoms with Crippen molar-refractivity contribution in [2.75, 3.05) is 18.4 Å². The van der Waals surface area contributed by atoms with E-state index in [9.17, 15) is 18.0 Å². The predicted octanol–water partition coefficient (Wildman–Crippen LogP) is 3.44. The number of carbonyl (C=O) groups excluding carboxylic acids is 1. The number of hydrogen-bond donors (Lipinski definition) is 2. The zero-order valence-electron chi connectivity index (χ0n) is 13.2. The molecule has 0 atom stereocenters. The number of aryl methyl sites for hydroxylation is 1. The summed E-state index contributed by atoms with van der Waals surface area (Å²) in [6.45, 7) is 1.87. The molecule has 2 N–H and O–H groups in total. The number of carbonyl (C=O) groups is 1. The molecular formula is C17H14F3N3O2. The monoisotopic (exact) mass is 349 g/mol. The van der Waals surface area contributed by atoms with Crippen LogP contribution in [0.25, 0.3) is 0 Å². The predicted molar refractivity (Wildman–Crippen MR) is 85.9 cm³/mol. The number of amides is 1. The van der Waals surface area contributed by atoms with Crippen molar-refractivity contribution in [3.63, 3.8) is 0 Å². The number of likely N-dealkylation sites (tertiary alicyclic amines) is 1. The Balaban J connectivity index is 1.97. The van der Waals surface area contributed by atoms with Crippen LogP contribution in [0.15, 0.2) is 35.5 Å². The molecule has 1 heterocycles. The van der Waals surface area contributed by atoms with Gasteiger partial charge >= 0.3 is 0 Å². The highest BCUT2D eigenvalue weighted by atomic mass is 19.2. The smallest absolute Gasteiger partial charge is 0.256 e. The highest BCUT2D eigenvalue weighted by molar-refractivity contribution is 6.07. The van der Waals surface area contributed by atoms with E-state index in [1.807, 2.05) is 0 Å². The van der Waals surface area contributed by atoms with E-state index in [4.69, 9.17) is 5.21 Å². The molecule has 0 radical (unpaired) electrons. The maximum absolute atomic E-state index is 14.3. The summed E-state index contributed by atoms with van der Waals surface area (Å²) < 4.78 is 41.9. The first-order chi connectivity index (χ1) is 11.9. The second-order valence-electron chi connectivity index (χ2n) is 5.72. The lowest BCUT2D eigenvalue weighted by molar-refractivity contribution is 0.0765. The van der Waals surface area contributed by atoms with Crippen LogP contribution in [-0.2, 0) is 0 Å². The van der Waals surface area contributed by atoms with E-state index in [2.05, 4.69) is 10.5 Å². The van der Waals surface area contributed by atoms with Crippen molar-refractivity contribution in [1.29, 1.82) is 0 Å². The van der Waals surface area contributed by atoms with Crippen molar-refractivity contribution < 1.29 is 23.2 Å². The number of halogens is 3. The molecule has 130 valence electrons. The molecule has 2 aromatic rings. The van der Waals surface area contributed by atoms with E-state index < -0.39 is 29.0 Å². The van der Waals surface area contributed by atoms with Gasteiger partial charge in [-0.1, -0.05) is 11.2 Å². The maximum Gasteiger partial charge on any atom is 0.256 e. The summed E-state index contributed by atoms with van der Waals surface area (Å²) in [6, 6.07) is 6.18. The summed E-state index contributed by atoms with van der Waals surface area (Å²) in [4.78, 5) is 13.8. The van der Waals surface area contributed by atoms with Crippen LogP contribution in [0, 0.1) is 24.4 Å². The fourth-order valence-corrected chi connectivity index (χ4v) is 2.48. The van der Waals surface area contributed by atoms with Crippen LogP contribution in [0.2, 0.25) is 0 Å². The second-order valence-corrected chi connectivity index (χ2v) is 5.72. The molecular weight excluding hydrogens is 335 g/mol. The third-order valence-electron chi connectivity index (χ3n) is 3.88. The lowest BCUT2D eigenvalue weighted by Crippen LogP contribution is -2.50. The molecule has 25 heavy (non-hydrogen) atoms. The van der Waals surface area contributed by atoms with Gasteiger partial charge in [-0.25, -0.2) is 13.2 Å². The summed E-state index contributed by atoms with van der Waals surface area (Å²) >= 11 is 0. The number of oxime groups is 1. The Labute approximate surface area is 141 Å². The first-order valence-electron chi connectivity index (χ1n) is 7.41. The van der Waals surface area contributed by atoms with Gasteiger partial charge in [0, 0.05) is 0 Å². The van der Waals surface area contributed by atoms with E-state index in [0.717, 1.165) is 12.1 Å². The molecule has 1 aliphatic heterocycles. The standard InChI is InChI=1S/C17H14F3N3O2/c1-9-2-5-14(13(19)6-9)21-16-11(3-4-12(18)15(16)20)17(24)23-7-10(8-23)22-25/h2-6,21,25H,7-8H2,1H3. The van der Waals surface area contributed by atoms with Crippen molar-refractivity contribution in [2.24, 2.45) is 5.16 Å². The van der Waals surface area contributed by atoms with Crippen LogP contribution in [-0.4, -0.2) is 34.8 Å². The zero-order chi connectivity index (χ0) is 18.1. The van der Waals surface area contributed by atoms with Crippen molar-refractivity contribution in [3.05, 3.63) is 58.9 Å².